The second kappa shape index (κ2) is 50.2. The quantitative estimate of drug-likeness (QED) is 0.0302. The Morgan fingerprint density at radius 1 is 0.373 bits per heavy atom. The topological polar surface area (TPSA) is 217 Å². The Morgan fingerprint density at radius 3 is 1.22 bits per heavy atom. The van der Waals surface area contributed by atoms with Gasteiger partial charge in [0.2, 0.25) is 0 Å². The molecule has 0 heterocycles. The minimum Gasteiger partial charge on any atom is -0.389 e. The van der Waals surface area contributed by atoms with Crippen LogP contribution in [0.4, 0.5) is 0 Å². The highest BCUT2D eigenvalue weighted by Crippen LogP contribution is 2.02. The Morgan fingerprint density at radius 2 is 0.746 bits per heavy atom. The van der Waals surface area contributed by atoms with Gasteiger partial charge < -0.3 is 77.6 Å². The molecule has 0 aliphatic carbocycles. The number of nitrogens with one attached hydrogen (secondary N) is 4. The molecule has 2 atom stereocenters. The van der Waals surface area contributed by atoms with Crippen molar-refractivity contribution < 1.29 is 24.4 Å². The zero-order valence-corrected chi connectivity index (χ0v) is 44.4. The van der Waals surface area contributed by atoms with Crippen LogP contribution in [-0.2, 0) is 14.2 Å². The standard InChI is InChI=1S/C48H112N14O5/c1-7-21-56(5)29-31-58(23-9-3)33-36-61(32-30-57(6)22-8-2)37-38-62(24-10-4)44-48(64)46-67-42-40-65-39-41-66-45-47(63)43-55-17-16-54-20-26-59(25-13-51)34-35-60(27-18-52-14-11-49)28-19-53-15-12-50/h47-48,52-55,63-64H,7-46,49-51H2,1-6H3. The Hall–Kier alpha value is -0.760. The molecule has 0 saturated heterocycles. The Kier molecular flexibility index (Phi) is 49.6. The molecule has 19 heteroatoms. The minimum atomic E-state index is -0.588. The predicted octanol–water partition coefficient (Wildman–Crippen LogP) is -1.99. The van der Waals surface area contributed by atoms with Gasteiger partial charge in [-0.1, -0.05) is 27.7 Å². The lowest BCUT2D eigenvalue weighted by molar-refractivity contribution is -0.0261. The fourth-order valence-corrected chi connectivity index (χ4v) is 7.83. The van der Waals surface area contributed by atoms with Crippen LogP contribution in [0, 0.1) is 0 Å². The molecular formula is C48H112N14O5. The fraction of sp³-hybridized carbons (Fsp3) is 1.00. The van der Waals surface area contributed by atoms with E-state index in [0.717, 1.165) is 170 Å². The normalized spacial score (nSPS) is 13.3. The van der Waals surface area contributed by atoms with Gasteiger partial charge >= 0.3 is 0 Å². The Balaban J connectivity index is 4.32. The first-order valence-electron chi connectivity index (χ1n) is 26.7. The number of likely N-dealkylation sites (N-methyl/N-ethyl adjacent to an activating group) is 2. The van der Waals surface area contributed by atoms with Crippen molar-refractivity contribution in [1.82, 2.24) is 55.6 Å². The molecule has 0 aromatic heterocycles. The van der Waals surface area contributed by atoms with Gasteiger partial charge in [0.05, 0.1) is 51.8 Å². The zero-order valence-electron chi connectivity index (χ0n) is 44.4. The maximum Gasteiger partial charge on any atom is 0.0900 e. The van der Waals surface area contributed by atoms with E-state index < -0.39 is 12.2 Å². The van der Waals surface area contributed by atoms with Gasteiger partial charge in [-0.05, 0) is 66.0 Å². The number of rotatable bonds is 55. The molecule has 2 unspecified atom stereocenters. The van der Waals surface area contributed by atoms with E-state index in [2.05, 4.69) is 97.4 Å². The average molecular weight is 966 g/mol. The molecular weight excluding hydrogens is 853 g/mol. The summed E-state index contributed by atoms with van der Waals surface area (Å²) in [4.78, 5) is 17.4. The molecule has 0 amide bonds. The molecule has 0 aliphatic rings. The van der Waals surface area contributed by atoms with Gasteiger partial charge in [0, 0.05) is 170 Å². The molecule has 0 aromatic rings. The summed E-state index contributed by atoms with van der Waals surface area (Å²) in [6.07, 6.45) is 3.45. The number of hydrogen-bond acceptors (Lipinski definition) is 19. The third kappa shape index (κ3) is 43.7. The number of nitrogens with zero attached hydrogens (tertiary/aromatic N) is 7. The Labute approximate surface area is 411 Å². The number of aliphatic hydroxyl groups is 2. The van der Waals surface area contributed by atoms with Crippen LogP contribution in [0.5, 0.6) is 0 Å². The van der Waals surface area contributed by atoms with Crippen LogP contribution in [0.1, 0.15) is 53.4 Å². The van der Waals surface area contributed by atoms with Crippen molar-refractivity contribution in [3.8, 4) is 0 Å². The maximum atomic E-state index is 10.9. The number of hydrogen-bond donors (Lipinski definition) is 9. The van der Waals surface area contributed by atoms with Crippen LogP contribution in [0.15, 0.2) is 0 Å². The van der Waals surface area contributed by atoms with E-state index in [4.69, 9.17) is 31.4 Å². The first kappa shape index (κ1) is 66.2. The highest BCUT2D eigenvalue weighted by Gasteiger charge is 2.16. The summed E-state index contributed by atoms with van der Waals surface area (Å²) in [6.45, 7) is 38.7. The van der Waals surface area contributed by atoms with Crippen molar-refractivity contribution in [1.29, 1.82) is 0 Å². The summed E-state index contributed by atoms with van der Waals surface area (Å²) in [5.41, 5.74) is 17.2. The van der Waals surface area contributed by atoms with Crippen LogP contribution in [-0.4, -0.2) is 307 Å². The van der Waals surface area contributed by atoms with Crippen LogP contribution in [0.3, 0.4) is 0 Å². The molecule has 0 aliphatic heterocycles. The summed E-state index contributed by atoms with van der Waals surface area (Å²) in [5, 5.41) is 34.9. The second-order valence-corrected chi connectivity index (χ2v) is 18.2. The fourth-order valence-electron chi connectivity index (χ4n) is 7.83. The minimum absolute atomic E-state index is 0.250. The summed E-state index contributed by atoms with van der Waals surface area (Å²) >= 11 is 0. The lowest BCUT2D eigenvalue weighted by Crippen LogP contribution is -2.45. The van der Waals surface area contributed by atoms with Crippen molar-refractivity contribution in [3.05, 3.63) is 0 Å². The van der Waals surface area contributed by atoms with Crippen molar-refractivity contribution >= 4 is 0 Å². The van der Waals surface area contributed by atoms with E-state index in [1.54, 1.807) is 0 Å². The Bertz CT molecular complexity index is 980. The third-order valence-corrected chi connectivity index (χ3v) is 11.7. The molecule has 0 fully saturated rings. The van der Waals surface area contributed by atoms with E-state index in [-0.39, 0.29) is 13.2 Å². The summed E-state index contributed by atoms with van der Waals surface area (Å²) in [5.74, 6) is 0. The van der Waals surface area contributed by atoms with E-state index in [9.17, 15) is 10.2 Å². The molecule has 0 radical (unpaired) electrons. The lowest BCUT2D eigenvalue weighted by atomic mass is 10.3. The highest BCUT2D eigenvalue weighted by atomic mass is 16.5. The van der Waals surface area contributed by atoms with Crippen molar-refractivity contribution in [3.63, 3.8) is 0 Å². The molecule has 0 bridgehead atoms. The van der Waals surface area contributed by atoms with Gasteiger partial charge in [-0.25, -0.2) is 0 Å². The van der Waals surface area contributed by atoms with Gasteiger partial charge in [-0.2, -0.15) is 0 Å². The number of aliphatic hydroxyl groups excluding tert-OH is 2. The van der Waals surface area contributed by atoms with Crippen LogP contribution >= 0.6 is 0 Å². The number of ether oxygens (including phenoxy) is 3. The first-order valence-corrected chi connectivity index (χ1v) is 26.7. The smallest absolute Gasteiger partial charge is 0.0900 e. The molecule has 404 valence electrons. The maximum absolute atomic E-state index is 10.9. The molecule has 0 aromatic carbocycles. The van der Waals surface area contributed by atoms with Crippen LogP contribution in [0.25, 0.3) is 0 Å². The second-order valence-electron chi connectivity index (χ2n) is 18.2. The van der Waals surface area contributed by atoms with E-state index in [0.29, 0.717) is 59.2 Å². The first-order chi connectivity index (χ1) is 32.6. The van der Waals surface area contributed by atoms with Gasteiger partial charge in [0.1, 0.15) is 0 Å². The molecule has 0 rings (SSSR count). The molecule has 67 heavy (non-hydrogen) atoms. The largest absolute Gasteiger partial charge is 0.389 e. The molecule has 0 spiro atoms. The number of nitrogens with two attached hydrogens (primary N) is 3. The molecule has 0 saturated carbocycles. The summed E-state index contributed by atoms with van der Waals surface area (Å²) < 4.78 is 17.1. The SMILES string of the molecule is CCCN(C)CCN(CCC)CCN(CCN(C)CCC)CCN(CCC)CC(O)COCCOCCOCC(O)CNCCNCCN(CCN)CCN(CCNCCN)CCNCCN. The van der Waals surface area contributed by atoms with E-state index in [1.807, 2.05) is 0 Å². The zero-order chi connectivity index (χ0) is 49.4. The average Bonchev–Trinajstić information content (AvgIpc) is 3.31. The van der Waals surface area contributed by atoms with Crippen molar-refractivity contribution in [2.75, 3.05) is 250 Å². The van der Waals surface area contributed by atoms with Crippen LogP contribution < -0.4 is 38.5 Å². The van der Waals surface area contributed by atoms with Gasteiger partial charge in [0.15, 0.2) is 0 Å². The van der Waals surface area contributed by atoms with Gasteiger partial charge in [-0.3, -0.25) is 19.6 Å². The molecule has 19 nitrogen and oxygen atoms in total. The van der Waals surface area contributed by atoms with Crippen LogP contribution in [0.2, 0.25) is 0 Å². The van der Waals surface area contributed by atoms with Gasteiger partial charge in [-0.15, -0.1) is 0 Å². The van der Waals surface area contributed by atoms with Crippen molar-refractivity contribution in [2.24, 2.45) is 17.2 Å². The summed E-state index contributed by atoms with van der Waals surface area (Å²) in [6, 6.07) is 0. The molecule has 12 N–H and O–H groups in total. The van der Waals surface area contributed by atoms with Crippen molar-refractivity contribution in [2.45, 2.75) is 65.6 Å². The highest BCUT2D eigenvalue weighted by molar-refractivity contribution is 4.72. The predicted molar refractivity (Wildman–Crippen MR) is 281 cm³/mol. The van der Waals surface area contributed by atoms with Gasteiger partial charge in [0.25, 0.3) is 0 Å². The lowest BCUT2D eigenvalue weighted by Gasteiger charge is -2.32. The monoisotopic (exact) mass is 965 g/mol. The van der Waals surface area contributed by atoms with E-state index >= 15 is 0 Å². The van der Waals surface area contributed by atoms with E-state index in [1.165, 1.54) is 19.3 Å². The summed E-state index contributed by atoms with van der Waals surface area (Å²) in [7, 11) is 4.46. The third-order valence-electron chi connectivity index (χ3n) is 11.7.